The van der Waals surface area contributed by atoms with Gasteiger partial charge in [0, 0.05) is 39.3 Å². The van der Waals surface area contributed by atoms with E-state index in [0.717, 1.165) is 17.7 Å². The molecule has 1 aliphatic heterocycles. The summed E-state index contributed by atoms with van der Waals surface area (Å²) in [6.07, 6.45) is 1.87. The standard InChI is InChI=1S/C17H20N2O4/c1-23-17(8-12-4-2-3-5-13(12)9-17)11-18-14(20)10-19-15(21)6-7-16(19)22/h2-5H,6-11H2,1H3,(H,18,20). The Kier molecular flexibility index (Phi) is 4.17. The Bertz CT molecular complexity index is 615. The van der Waals surface area contributed by atoms with Gasteiger partial charge in [0.05, 0.1) is 5.60 Å². The molecule has 122 valence electrons. The van der Waals surface area contributed by atoms with Crippen molar-refractivity contribution >= 4 is 17.7 Å². The van der Waals surface area contributed by atoms with E-state index in [2.05, 4.69) is 17.4 Å². The minimum absolute atomic E-state index is 0.198. The lowest BCUT2D eigenvalue weighted by atomic mass is 10.00. The molecule has 2 aliphatic rings. The van der Waals surface area contributed by atoms with E-state index in [4.69, 9.17) is 4.74 Å². The van der Waals surface area contributed by atoms with Gasteiger partial charge in [0.2, 0.25) is 17.7 Å². The van der Waals surface area contributed by atoms with Gasteiger partial charge in [0.25, 0.3) is 0 Å². The lowest BCUT2D eigenvalue weighted by Gasteiger charge is -2.28. The van der Waals surface area contributed by atoms with Crippen molar-refractivity contribution in [2.75, 3.05) is 20.2 Å². The predicted octanol–water partition coefficient (Wildman–Crippen LogP) is 0.436. The van der Waals surface area contributed by atoms with Crippen LogP contribution in [0.3, 0.4) is 0 Å². The van der Waals surface area contributed by atoms with Crippen LogP contribution in [0.1, 0.15) is 24.0 Å². The molecule has 1 N–H and O–H groups in total. The Morgan fingerprint density at radius 1 is 1.17 bits per heavy atom. The highest BCUT2D eigenvalue weighted by Gasteiger charge is 2.38. The average Bonchev–Trinajstić information content (AvgIpc) is 3.08. The second-order valence-corrected chi connectivity index (χ2v) is 6.16. The second kappa shape index (κ2) is 6.12. The first kappa shape index (κ1) is 15.7. The molecular formula is C17H20N2O4. The fourth-order valence-corrected chi connectivity index (χ4v) is 3.26. The fourth-order valence-electron chi connectivity index (χ4n) is 3.26. The Balaban J connectivity index is 1.58. The van der Waals surface area contributed by atoms with Crippen LogP contribution in [-0.2, 0) is 32.0 Å². The molecule has 3 rings (SSSR count). The van der Waals surface area contributed by atoms with Gasteiger partial charge in [0.1, 0.15) is 6.54 Å². The largest absolute Gasteiger partial charge is 0.376 e. The minimum Gasteiger partial charge on any atom is -0.376 e. The smallest absolute Gasteiger partial charge is 0.240 e. The average molecular weight is 316 g/mol. The van der Waals surface area contributed by atoms with Crippen LogP contribution in [0.25, 0.3) is 0 Å². The zero-order valence-corrected chi connectivity index (χ0v) is 13.1. The number of carbonyl (C=O) groups is 3. The van der Waals surface area contributed by atoms with Crippen molar-refractivity contribution in [3.05, 3.63) is 35.4 Å². The highest BCUT2D eigenvalue weighted by Crippen LogP contribution is 2.32. The van der Waals surface area contributed by atoms with Crippen LogP contribution >= 0.6 is 0 Å². The molecule has 1 aromatic rings. The van der Waals surface area contributed by atoms with E-state index in [9.17, 15) is 14.4 Å². The Labute approximate surface area is 134 Å². The summed E-state index contributed by atoms with van der Waals surface area (Å²) in [5.74, 6) is -0.888. The van der Waals surface area contributed by atoms with E-state index < -0.39 is 5.60 Å². The zero-order valence-electron chi connectivity index (χ0n) is 13.1. The van der Waals surface area contributed by atoms with Gasteiger partial charge in [-0.15, -0.1) is 0 Å². The maximum atomic E-state index is 12.1. The highest BCUT2D eigenvalue weighted by atomic mass is 16.5. The van der Waals surface area contributed by atoms with Crippen LogP contribution in [0.15, 0.2) is 24.3 Å². The second-order valence-electron chi connectivity index (χ2n) is 6.16. The molecule has 0 aromatic heterocycles. The number of rotatable bonds is 5. The quantitative estimate of drug-likeness (QED) is 0.800. The first-order chi connectivity index (χ1) is 11.0. The number of nitrogens with zero attached hydrogens (tertiary/aromatic N) is 1. The number of methoxy groups -OCH3 is 1. The maximum Gasteiger partial charge on any atom is 0.240 e. The summed E-state index contributed by atoms with van der Waals surface area (Å²) in [6.45, 7) is 0.150. The number of benzene rings is 1. The summed E-state index contributed by atoms with van der Waals surface area (Å²) < 4.78 is 5.68. The first-order valence-corrected chi connectivity index (χ1v) is 7.75. The van der Waals surface area contributed by atoms with Gasteiger partial charge in [-0.2, -0.15) is 0 Å². The monoisotopic (exact) mass is 316 g/mol. The molecule has 1 aromatic carbocycles. The van der Waals surface area contributed by atoms with Crippen LogP contribution < -0.4 is 5.32 Å². The number of carbonyl (C=O) groups excluding carboxylic acids is 3. The molecule has 6 heteroatoms. The maximum absolute atomic E-state index is 12.1. The van der Waals surface area contributed by atoms with Gasteiger partial charge < -0.3 is 10.1 Å². The van der Waals surface area contributed by atoms with Crippen LogP contribution in [0.2, 0.25) is 0 Å². The van der Waals surface area contributed by atoms with E-state index >= 15 is 0 Å². The van der Waals surface area contributed by atoms with E-state index in [1.165, 1.54) is 11.1 Å². The first-order valence-electron chi connectivity index (χ1n) is 7.75. The molecule has 6 nitrogen and oxygen atoms in total. The van der Waals surface area contributed by atoms with E-state index in [1.54, 1.807) is 7.11 Å². The Morgan fingerprint density at radius 3 is 2.26 bits per heavy atom. The third-order valence-electron chi connectivity index (χ3n) is 4.64. The summed E-state index contributed by atoms with van der Waals surface area (Å²) in [6, 6.07) is 8.13. The van der Waals surface area contributed by atoms with E-state index in [-0.39, 0.29) is 37.1 Å². The number of nitrogens with one attached hydrogen (secondary N) is 1. The Morgan fingerprint density at radius 2 is 1.74 bits per heavy atom. The van der Waals surface area contributed by atoms with Gasteiger partial charge >= 0.3 is 0 Å². The van der Waals surface area contributed by atoms with E-state index in [1.807, 2.05) is 12.1 Å². The molecule has 1 heterocycles. The van der Waals surface area contributed by atoms with Gasteiger partial charge in [-0.05, 0) is 11.1 Å². The minimum atomic E-state index is -0.460. The number of ether oxygens (including phenoxy) is 1. The molecule has 3 amide bonds. The molecule has 0 saturated carbocycles. The van der Waals surface area contributed by atoms with Crippen molar-refractivity contribution in [1.29, 1.82) is 0 Å². The third-order valence-corrected chi connectivity index (χ3v) is 4.64. The summed E-state index contributed by atoms with van der Waals surface area (Å²) in [5, 5.41) is 2.81. The lowest BCUT2D eigenvalue weighted by molar-refractivity contribution is -0.142. The number of likely N-dealkylation sites (tertiary alicyclic amines) is 1. The van der Waals surface area contributed by atoms with Crippen molar-refractivity contribution in [2.45, 2.75) is 31.3 Å². The van der Waals surface area contributed by atoms with Crippen molar-refractivity contribution in [3.63, 3.8) is 0 Å². The topological polar surface area (TPSA) is 75.7 Å². The number of hydrogen-bond donors (Lipinski definition) is 1. The van der Waals surface area contributed by atoms with Gasteiger partial charge in [-0.1, -0.05) is 24.3 Å². The Hall–Kier alpha value is -2.21. The molecule has 0 unspecified atom stereocenters. The van der Waals surface area contributed by atoms with Crippen LogP contribution in [0.5, 0.6) is 0 Å². The SMILES string of the molecule is COC1(CNC(=O)CN2C(=O)CCC2=O)Cc2ccccc2C1. The number of imide groups is 1. The van der Waals surface area contributed by atoms with Crippen molar-refractivity contribution in [2.24, 2.45) is 0 Å². The number of hydrogen-bond acceptors (Lipinski definition) is 4. The summed E-state index contributed by atoms with van der Waals surface area (Å²) in [4.78, 5) is 36.2. The number of fused-ring (bicyclic) bond motifs is 1. The van der Waals surface area contributed by atoms with Crippen molar-refractivity contribution < 1.29 is 19.1 Å². The molecule has 0 atom stereocenters. The van der Waals surface area contributed by atoms with E-state index in [0.29, 0.717) is 6.54 Å². The summed E-state index contributed by atoms with van der Waals surface area (Å²) >= 11 is 0. The molecule has 23 heavy (non-hydrogen) atoms. The molecule has 1 saturated heterocycles. The van der Waals surface area contributed by atoms with Crippen LogP contribution in [0, 0.1) is 0 Å². The van der Waals surface area contributed by atoms with Crippen molar-refractivity contribution in [1.82, 2.24) is 10.2 Å². The molecular weight excluding hydrogens is 296 g/mol. The molecule has 1 aliphatic carbocycles. The molecule has 0 bridgehead atoms. The number of amides is 3. The zero-order chi connectivity index (χ0) is 16.4. The summed E-state index contributed by atoms with van der Waals surface area (Å²) in [7, 11) is 1.64. The normalized spacial score (nSPS) is 19.1. The van der Waals surface area contributed by atoms with Gasteiger partial charge in [-0.3, -0.25) is 19.3 Å². The summed E-state index contributed by atoms with van der Waals surface area (Å²) in [5.41, 5.74) is 2.00. The lowest BCUT2D eigenvalue weighted by Crippen LogP contribution is -2.48. The predicted molar refractivity (Wildman–Crippen MR) is 82.6 cm³/mol. The van der Waals surface area contributed by atoms with Crippen LogP contribution in [0.4, 0.5) is 0 Å². The molecule has 1 fully saturated rings. The van der Waals surface area contributed by atoms with Gasteiger partial charge in [-0.25, -0.2) is 0 Å². The highest BCUT2D eigenvalue weighted by molar-refractivity contribution is 6.04. The van der Waals surface area contributed by atoms with Gasteiger partial charge in [0.15, 0.2) is 0 Å². The fraction of sp³-hybridized carbons (Fsp3) is 0.471. The third kappa shape index (κ3) is 3.12. The van der Waals surface area contributed by atoms with Crippen molar-refractivity contribution in [3.8, 4) is 0 Å². The molecule has 0 radical (unpaired) electrons. The molecule has 0 spiro atoms. The van der Waals surface area contributed by atoms with Crippen LogP contribution in [-0.4, -0.2) is 48.4 Å².